The number of nitrogens with one attached hydrogen (secondary N) is 1. The number of halogens is 3. The molecule has 2 aromatic carbocycles. The maximum Gasteiger partial charge on any atom is 0.294 e. The Morgan fingerprint density at radius 3 is 2.54 bits per heavy atom. The third-order valence-electron chi connectivity index (χ3n) is 4.72. The van der Waals surface area contributed by atoms with Crippen LogP contribution in [0.5, 0.6) is 0 Å². The number of nitro groups is 1. The van der Waals surface area contributed by atoms with Crippen LogP contribution in [0.25, 0.3) is 17.4 Å². The number of nitro benzene ring substituents is 1. The number of benzene rings is 2. The maximum absolute atomic E-state index is 12.7. The quantitative estimate of drug-likeness (QED) is 0.211. The number of imide groups is 1. The summed E-state index contributed by atoms with van der Waals surface area (Å²) in [5.74, 6) is -0.882. The molecule has 0 aliphatic carbocycles. The number of furan rings is 1. The fourth-order valence-corrected chi connectivity index (χ4v) is 4.65. The summed E-state index contributed by atoms with van der Waals surface area (Å²) >= 11 is 18.7. The molecule has 1 aliphatic rings. The van der Waals surface area contributed by atoms with Gasteiger partial charge in [-0.1, -0.05) is 46.9 Å². The Balaban J connectivity index is 1.51. The fraction of sp³-hybridized carbons (Fsp3) is 0.0455. The zero-order valence-electron chi connectivity index (χ0n) is 17.3. The Hall–Kier alpha value is -3.31. The number of hydrogen-bond acceptors (Lipinski definition) is 7. The molecule has 1 N–H and O–H groups in total. The number of anilines is 1. The van der Waals surface area contributed by atoms with Gasteiger partial charge in [0.1, 0.15) is 23.1 Å². The second kappa shape index (κ2) is 10.1. The molecule has 9 nitrogen and oxygen atoms in total. The molecule has 0 atom stereocenters. The van der Waals surface area contributed by atoms with Crippen LogP contribution in [0.2, 0.25) is 15.1 Å². The van der Waals surface area contributed by atoms with Gasteiger partial charge < -0.3 is 9.73 Å². The summed E-state index contributed by atoms with van der Waals surface area (Å²) in [4.78, 5) is 48.8. The minimum atomic E-state index is -0.674. The topological polar surface area (TPSA) is 123 Å². The van der Waals surface area contributed by atoms with E-state index in [1.807, 2.05) is 0 Å². The van der Waals surface area contributed by atoms with E-state index in [0.717, 1.165) is 4.90 Å². The van der Waals surface area contributed by atoms with Crippen LogP contribution in [-0.2, 0) is 9.59 Å². The van der Waals surface area contributed by atoms with E-state index < -0.39 is 28.5 Å². The Kier molecular flexibility index (Phi) is 7.18. The summed E-state index contributed by atoms with van der Waals surface area (Å²) in [5.41, 5.74) is 0.234. The minimum Gasteiger partial charge on any atom is -0.457 e. The van der Waals surface area contributed by atoms with Gasteiger partial charge in [-0.15, -0.1) is 0 Å². The molecule has 0 radical (unpaired) electrons. The second-order valence-corrected chi connectivity index (χ2v) is 9.25. The molecule has 13 heteroatoms. The highest BCUT2D eigenvalue weighted by Gasteiger charge is 2.36. The van der Waals surface area contributed by atoms with Crippen molar-refractivity contribution in [3.05, 3.63) is 84.4 Å². The number of nitrogens with zero attached hydrogens (tertiary/aromatic N) is 2. The molecule has 3 amide bonds. The second-order valence-electron chi connectivity index (χ2n) is 7.04. The van der Waals surface area contributed by atoms with Crippen molar-refractivity contribution >= 4 is 81.1 Å². The molecule has 1 aromatic heterocycles. The lowest BCUT2D eigenvalue weighted by molar-refractivity contribution is -0.384. The van der Waals surface area contributed by atoms with Crippen LogP contribution in [0.3, 0.4) is 0 Å². The number of hydrogen-bond donors (Lipinski definition) is 1. The first-order valence-electron chi connectivity index (χ1n) is 9.67. The lowest BCUT2D eigenvalue weighted by Crippen LogP contribution is -2.36. The molecule has 1 fully saturated rings. The van der Waals surface area contributed by atoms with Crippen LogP contribution in [0.1, 0.15) is 5.76 Å². The Morgan fingerprint density at radius 1 is 1.09 bits per heavy atom. The molecule has 0 bridgehead atoms. The van der Waals surface area contributed by atoms with E-state index in [4.69, 9.17) is 39.2 Å². The lowest BCUT2D eigenvalue weighted by Gasteiger charge is -2.13. The summed E-state index contributed by atoms with van der Waals surface area (Å²) in [7, 11) is 0. The number of carbonyl (C=O) groups excluding carboxylic acids is 3. The molecule has 0 spiro atoms. The molecule has 35 heavy (non-hydrogen) atoms. The number of carbonyl (C=O) groups is 3. The zero-order valence-corrected chi connectivity index (χ0v) is 20.4. The van der Waals surface area contributed by atoms with Crippen LogP contribution >= 0.6 is 46.6 Å². The van der Waals surface area contributed by atoms with Gasteiger partial charge in [0.15, 0.2) is 0 Å². The van der Waals surface area contributed by atoms with Gasteiger partial charge in [0.25, 0.3) is 16.8 Å². The first-order chi connectivity index (χ1) is 16.6. The average molecular weight is 553 g/mol. The van der Waals surface area contributed by atoms with Gasteiger partial charge in [0.05, 0.1) is 25.6 Å². The van der Waals surface area contributed by atoms with Gasteiger partial charge in [0.2, 0.25) is 5.91 Å². The number of rotatable bonds is 6. The normalized spacial score (nSPS) is 14.6. The van der Waals surface area contributed by atoms with Crippen LogP contribution in [0, 0.1) is 10.1 Å². The van der Waals surface area contributed by atoms with E-state index in [1.54, 1.807) is 24.3 Å². The maximum atomic E-state index is 12.7. The summed E-state index contributed by atoms with van der Waals surface area (Å²) in [6, 6.07) is 12.0. The van der Waals surface area contributed by atoms with E-state index in [0.29, 0.717) is 22.5 Å². The molecule has 3 aromatic rings. The molecular formula is C22H12Cl3N3O6S. The predicted octanol–water partition coefficient (Wildman–Crippen LogP) is 6.49. The third kappa shape index (κ3) is 5.35. The number of amides is 3. The Morgan fingerprint density at radius 2 is 1.83 bits per heavy atom. The van der Waals surface area contributed by atoms with E-state index >= 15 is 0 Å². The van der Waals surface area contributed by atoms with Crippen molar-refractivity contribution in [1.29, 1.82) is 0 Å². The van der Waals surface area contributed by atoms with Crippen molar-refractivity contribution in [2.75, 3.05) is 11.9 Å². The van der Waals surface area contributed by atoms with E-state index in [9.17, 15) is 24.5 Å². The summed E-state index contributed by atoms with van der Waals surface area (Å²) in [5, 5.41) is 13.4. The van der Waals surface area contributed by atoms with Crippen LogP contribution in [0.4, 0.5) is 16.2 Å². The van der Waals surface area contributed by atoms with Crippen molar-refractivity contribution in [3.8, 4) is 11.3 Å². The van der Waals surface area contributed by atoms with Gasteiger partial charge in [-0.3, -0.25) is 29.4 Å². The van der Waals surface area contributed by atoms with Crippen LogP contribution in [-0.4, -0.2) is 33.4 Å². The molecule has 2 heterocycles. The van der Waals surface area contributed by atoms with Crippen molar-refractivity contribution < 1.29 is 23.7 Å². The first-order valence-corrected chi connectivity index (χ1v) is 11.6. The van der Waals surface area contributed by atoms with Crippen molar-refractivity contribution in [2.45, 2.75) is 0 Å². The molecule has 178 valence electrons. The van der Waals surface area contributed by atoms with Gasteiger partial charge in [-0.05, 0) is 42.1 Å². The smallest absolute Gasteiger partial charge is 0.294 e. The molecule has 0 saturated carbocycles. The Bertz CT molecular complexity index is 1420. The summed E-state index contributed by atoms with van der Waals surface area (Å²) in [6.07, 6.45) is 1.33. The van der Waals surface area contributed by atoms with Gasteiger partial charge in [-0.2, -0.15) is 0 Å². The SMILES string of the molecule is O=C(CN1C(=O)S/C(=C/c2ccc(-c3cc([N+](=O)[O-])c(Cl)cc3Cl)o2)C1=O)Nc1ccccc1Cl. The molecule has 1 saturated heterocycles. The largest absolute Gasteiger partial charge is 0.457 e. The standard InChI is InChI=1S/C22H12Cl3N3O6S/c23-13-3-1-2-4-16(13)26-20(29)10-27-21(30)19(35-22(27)31)7-11-5-6-18(34-11)12-8-17(28(32)33)15(25)9-14(12)24/h1-9H,10H2,(H,26,29)/b19-7+. The van der Waals surface area contributed by atoms with Crippen molar-refractivity contribution in [3.63, 3.8) is 0 Å². The van der Waals surface area contributed by atoms with Gasteiger partial charge >= 0.3 is 0 Å². The van der Waals surface area contributed by atoms with E-state index in [2.05, 4.69) is 5.32 Å². The molecule has 0 unspecified atom stereocenters. The van der Waals surface area contributed by atoms with Crippen LogP contribution in [0.15, 0.2) is 57.9 Å². The monoisotopic (exact) mass is 551 g/mol. The van der Waals surface area contributed by atoms with Crippen LogP contribution < -0.4 is 5.32 Å². The van der Waals surface area contributed by atoms with Gasteiger partial charge in [0, 0.05) is 17.7 Å². The highest BCUT2D eigenvalue weighted by atomic mass is 35.5. The lowest BCUT2D eigenvalue weighted by atomic mass is 10.1. The summed E-state index contributed by atoms with van der Waals surface area (Å²) in [6.45, 7) is -0.499. The van der Waals surface area contributed by atoms with E-state index in [1.165, 1.54) is 30.3 Å². The molecule has 1 aliphatic heterocycles. The minimum absolute atomic E-state index is 0.0367. The third-order valence-corrected chi connectivity index (χ3v) is 6.57. The number of para-hydroxylation sites is 1. The van der Waals surface area contributed by atoms with E-state index in [-0.39, 0.29) is 37.7 Å². The predicted molar refractivity (Wildman–Crippen MR) is 134 cm³/mol. The fourth-order valence-electron chi connectivity index (χ4n) is 3.10. The molecular weight excluding hydrogens is 541 g/mol. The highest BCUT2D eigenvalue weighted by Crippen LogP contribution is 2.38. The summed E-state index contributed by atoms with van der Waals surface area (Å²) < 4.78 is 5.66. The first kappa shape index (κ1) is 24.8. The highest BCUT2D eigenvalue weighted by molar-refractivity contribution is 8.18. The Labute approximate surface area is 216 Å². The van der Waals surface area contributed by atoms with Crippen molar-refractivity contribution in [1.82, 2.24) is 4.90 Å². The number of thioether (sulfide) groups is 1. The van der Waals surface area contributed by atoms with Crippen molar-refractivity contribution in [2.24, 2.45) is 0 Å². The zero-order chi connectivity index (χ0) is 25.3. The van der Waals surface area contributed by atoms with Gasteiger partial charge in [-0.25, -0.2) is 0 Å². The molecule has 4 rings (SSSR count). The average Bonchev–Trinajstić information content (AvgIpc) is 3.35.